The van der Waals surface area contributed by atoms with Gasteiger partial charge in [0.25, 0.3) is 0 Å². The third-order valence-electron chi connectivity index (χ3n) is 6.95. The van der Waals surface area contributed by atoms with Crippen LogP contribution in [0.5, 0.6) is 0 Å². The van der Waals surface area contributed by atoms with Gasteiger partial charge in [-0.2, -0.15) is 8.70 Å². The topological polar surface area (TPSA) is 95.4 Å². The highest BCUT2D eigenvalue weighted by Gasteiger charge is 2.39. The van der Waals surface area contributed by atoms with Gasteiger partial charge in [0.15, 0.2) is 5.82 Å². The van der Waals surface area contributed by atoms with Crippen molar-refractivity contribution >= 4 is 21.5 Å². The van der Waals surface area contributed by atoms with Gasteiger partial charge >= 0.3 is 0 Å². The van der Waals surface area contributed by atoms with Gasteiger partial charge in [-0.3, -0.25) is 4.98 Å². The van der Waals surface area contributed by atoms with Gasteiger partial charge in [-0.05, 0) is 32.9 Å². The molecule has 3 aromatic heterocycles. The Morgan fingerprint density at radius 3 is 2.58 bits per heavy atom. The van der Waals surface area contributed by atoms with E-state index in [2.05, 4.69) is 19.9 Å². The molecule has 2 aliphatic heterocycles. The lowest BCUT2D eigenvalue weighted by Crippen LogP contribution is -2.60. The predicted octanol–water partition coefficient (Wildman–Crippen LogP) is 3.06. The summed E-state index contributed by atoms with van der Waals surface area (Å²) in [5, 5.41) is 0. The molecule has 5 rings (SSSR count). The van der Waals surface area contributed by atoms with Crippen LogP contribution in [0.3, 0.4) is 0 Å². The van der Waals surface area contributed by atoms with Crippen LogP contribution in [0.15, 0.2) is 42.7 Å². The Morgan fingerprint density at radius 1 is 1.08 bits per heavy atom. The quantitative estimate of drug-likeness (QED) is 0.494. The van der Waals surface area contributed by atoms with Crippen molar-refractivity contribution in [3.63, 3.8) is 0 Å². The number of rotatable bonds is 4. The van der Waals surface area contributed by atoms with E-state index in [9.17, 15) is 12.8 Å². The van der Waals surface area contributed by atoms with Crippen molar-refractivity contribution in [1.29, 1.82) is 0 Å². The minimum atomic E-state index is -3.33. The number of hydrogen-bond acceptors (Lipinski definition) is 8. The fourth-order valence-corrected chi connectivity index (χ4v) is 6.64. The summed E-state index contributed by atoms with van der Waals surface area (Å²) < 4.78 is 40.7. The molecule has 190 valence electrons. The van der Waals surface area contributed by atoms with Gasteiger partial charge < -0.3 is 9.80 Å². The van der Waals surface area contributed by atoms with Crippen LogP contribution in [-0.2, 0) is 16.4 Å². The van der Waals surface area contributed by atoms with Crippen molar-refractivity contribution in [2.45, 2.75) is 38.8 Å². The standard InChI is InChI=1S/C25H30FN7O2S/c1-17-19-15-28-24(21-7-5-6-9-27-21)29-20(19)8-10-32(17)23-14-18(13-22(26)30-23)31-11-12-33(36(4,34)35)25(2,3)16-31/h5-7,9,13-15,17H,8,10-12,16H2,1-4H3. The van der Waals surface area contributed by atoms with Crippen LogP contribution >= 0.6 is 0 Å². The molecule has 3 aromatic rings. The lowest BCUT2D eigenvalue weighted by Gasteiger charge is -2.46. The number of aromatic nitrogens is 4. The van der Waals surface area contributed by atoms with Crippen LogP contribution in [0.25, 0.3) is 11.5 Å². The van der Waals surface area contributed by atoms with Crippen molar-refractivity contribution < 1.29 is 12.8 Å². The maximum absolute atomic E-state index is 14.8. The summed E-state index contributed by atoms with van der Waals surface area (Å²) in [5.74, 6) is 0.572. The SMILES string of the molecule is CC1c2cnc(-c3ccccn3)nc2CCN1c1cc(N2CCN(S(C)(=O)=O)C(C)(C)C2)cc(F)n1. The fraction of sp³-hybridized carbons (Fsp3) is 0.440. The van der Waals surface area contributed by atoms with Crippen molar-refractivity contribution in [2.24, 2.45) is 0 Å². The van der Waals surface area contributed by atoms with E-state index in [1.807, 2.05) is 56.1 Å². The van der Waals surface area contributed by atoms with Crippen molar-refractivity contribution in [3.05, 3.63) is 59.9 Å². The molecule has 0 aromatic carbocycles. The highest BCUT2D eigenvalue weighted by atomic mass is 32.2. The van der Waals surface area contributed by atoms with Crippen LogP contribution in [0.2, 0.25) is 0 Å². The maximum atomic E-state index is 14.8. The number of fused-ring (bicyclic) bond motifs is 1. The van der Waals surface area contributed by atoms with Crippen LogP contribution in [0.4, 0.5) is 15.9 Å². The molecule has 1 atom stereocenters. The molecule has 2 aliphatic rings. The Morgan fingerprint density at radius 2 is 1.89 bits per heavy atom. The summed E-state index contributed by atoms with van der Waals surface area (Å²) in [5.41, 5.74) is 2.75. The summed E-state index contributed by atoms with van der Waals surface area (Å²) in [4.78, 5) is 21.9. The predicted molar refractivity (Wildman–Crippen MR) is 137 cm³/mol. The molecule has 11 heteroatoms. The zero-order valence-electron chi connectivity index (χ0n) is 20.9. The molecule has 0 amide bonds. The first-order valence-corrected chi connectivity index (χ1v) is 13.8. The number of hydrogen-bond donors (Lipinski definition) is 0. The molecular weight excluding hydrogens is 481 g/mol. The average molecular weight is 512 g/mol. The fourth-order valence-electron chi connectivity index (χ4n) is 5.27. The van der Waals surface area contributed by atoms with E-state index in [1.165, 1.54) is 16.6 Å². The molecular formula is C25H30FN7O2S. The van der Waals surface area contributed by atoms with Gasteiger partial charge in [-0.15, -0.1) is 0 Å². The Bertz CT molecular complexity index is 1380. The van der Waals surface area contributed by atoms with E-state index in [1.54, 1.807) is 6.20 Å². The molecule has 1 fully saturated rings. The van der Waals surface area contributed by atoms with E-state index in [-0.39, 0.29) is 6.04 Å². The van der Waals surface area contributed by atoms with Crippen LogP contribution in [0, 0.1) is 5.95 Å². The molecule has 0 aliphatic carbocycles. The molecule has 1 unspecified atom stereocenters. The molecule has 0 saturated carbocycles. The van der Waals surface area contributed by atoms with Crippen molar-refractivity contribution in [1.82, 2.24) is 24.2 Å². The van der Waals surface area contributed by atoms with E-state index in [4.69, 9.17) is 4.98 Å². The lowest BCUT2D eigenvalue weighted by atomic mass is 9.99. The maximum Gasteiger partial charge on any atom is 0.216 e. The lowest BCUT2D eigenvalue weighted by molar-refractivity contribution is 0.206. The molecule has 0 bridgehead atoms. The molecule has 0 spiro atoms. The summed E-state index contributed by atoms with van der Waals surface area (Å²) in [6.07, 6.45) is 5.46. The summed E-state index contributed by atoms with van der Waals surface area (Å²) >= 11 is 0. The number of piperazine rings is 1. The molecule has 36 heavy (non-hydrogen) atoms. The van der Waals surface area contributed by atoms with Gasteiger partial charge in [-0.1, -0.05) is 6.07 Å². The first kappa shape index (κ1) is 24.5. The average Bonchev–Trinajstić information content (AvgIpc) is 2.82. The minimum Gasteiger partial charge on any atom is -0.368 e. The number of nitrogens with zero attached hydrogens (tertiary/aromatic N) is 7. The third kappa shape index (κ3) is 4.64. The van der Waals surface area contributed by atoms with E-state index < -0.39 is 21.5 Å². The monoisotopic (exact) mass is 511 g/mol. The Balaban J connectivity index is 1.40. The molecule has 0 radical (unpaired) electrons. The number of anilines is 2. The Labute approximate surface area is 211 Å². The van der Waals surface area contributed by atoms with Crippen LogP contribution < -0.4 is 9.80 Å². The largest absolute Gasteiger partial charge is 0.368 e. The van der Waals surface area contributed by atoms with Crippen LogP contribution in [0.1, 0.15) is 38.1 Å². The normalized spacial score (nSPS) is 20.3. The number of pyridine rings is 2. The number of halogens is 1. The summed E-state index contributed by atoms with van der Waals surface area (Å²) in [7, 11) is -3.33. The smallest absolute Gasteiger partial charge is 0.216 e. The molecule has 5 heterocycles. The van der Waals surface area contributed by atoms with Crippen LogP contribution in [-0.4, -0.2) is 70.6 Å². The van der Waals surface area contributed by atoms with Gasteiger partial charge in [0.1, 0.15) is 11.5 Å². The molecule has 1 saturated heterocycles. The van der Waals surface area contributed by atoms with Crippen molar-refractivity contribution in [3.8, 4) is 11.5 Å². The van der Waals surface area contributed by atoms with Gasteiger partial charge in [0.05, 0.1) is 18.0 Å². The number of sulfonamides is 1. The Hall–Kier alpha value is -3.18. The summed E-state index contributed by atoms with van der Waals surface area (Å²) in [6.45, 7) is 7.73. The highest BCUT2D eigenvalue weighted by molar-refractivity contribution is 7.88. The van der Waals surface area contributed by atoms with E-state index in [0.717, 1.165) is 17.0 Å². The second kappa shape index (κ2) is 9.04. The zero-order chi connectivity index (χ0) is 25.7. The second-order valence-corrected chi connectivity index (χ2v) is 11.9. The molecule has 0 N–H and O–H groups in total. The highest BCUT2D eigenvalue weighted by Crippen LogP contribution is 2.35. The first-order chi connectivity index (χ1) is 17.0. The van der Waals surface area contributed by atoms with Gasteiger partial charge in [0, 0.05) is 73.9 Å². The zero-order valence-corrected chi connectivity index (χ0v) is 21.7. The third-order valence-corrected chi connectivity index (χ3v) is 8.43. The van der Waals surface area contributed by atoms with E-state index >= 15 is 0 Å². The summed E-state index contributed by atoms with van der Waals surface area (Å²) in [6, 6.07) is 8.86. The van der Waals surface area contributed by atoms with Gasteiger partial charge in [0.2, 0.25) is 16.0 Å². The van der Waals surface area contributed by atoms with Crippen molar-refractivity contribution in [2.75, 3.05) is 42.2 Å². The second-order valence-electron chi connectivity index (χ2n) is 10.0. The first-order valence-electron chi connectivity index (χ1n) is 12.0. The Kier molecular flexibility index (Phi) is 6.16. The van der Waals surface area contributed by atoms with Gasteiger partial charge in [-0.25, -0.2) is 23.4 Å². The molecule has 9 nitrogen and oxygen atoms in total. The minimum absolute atomic E-state index is 0.0906. The van der Waals surface area contributed by atoms with E-state index in [0.29, 0.717) is 49.9 Å².